The Morgan fingerprint density at radius 2 is 1.79 bits per heavy atom. The summed E-state index contributed by atoms with van der Waals surface area (Å²) in [5, 5.41) is 14.4. The van der Waals surface area contributed by atoms with E-state index in [9.17, 15) is 9.90 Å². The number of nitrogens with zero attached hydrogens (tertiary/aromatic N) is 3. The van der Waals surface area contributed by atoms with Crippen molar-refractivity contribution < 1.29 is 14.6 Å². The maximum Gasteiger partial charge on any atom is 0.306 e. The van der Waals surface area contributed by atoms with E-state index < -0.39 is 11.5 Å². The highest BCUT2D eigenvalue weighted by atomic mass is 35.5. The smallest absolute Gasteiger partial charge is 0.306 e. The number of hydrogen-bond acceptors (Lipinski definition) is 5. The Bertz CT molecular complexity index is 1050. The van der Waals surface area contributed by atoms with Gasteiger partial charge < -0.3 is 19.8 Å². The first-order valence-corrected chi connectivity index (χ1v) is 13.7. The predicted octanol–water partition coefficient (Wildman–Crippen LogP) is 7.11. The number of hydrazine groups is 1. The van der Waals surface area contributed by atoms with E-state index in [0.717, 1.165) is 54.8 Å². The van der Waals surface area contributed by atoms with E-state index in [-0.39, 0.29) is 5.92 Å². The molecule has 0 amide bonds. The van der Waals surface area contributed by atoms with Crippen LogP contribution in [0.5, 0.6) is 5.75 Å². The topological polar surface area (TPSA) is 56.3 Å². The summed E-state index contributed by atoms with van der Waals surface area (Å²) < 4.78 is 5.78. The molecule has 210 valence electrons. The number of allylic oxidation sites excluding steroid dienone is 3. The zero-order valence-corrected chi connectivity index (χ0v) is 25.0. The number of benzene rings is 1. The third-order valence-electron chi connectivity index (χ3n) is 7.57. The fourth-order valence-electron chi connectivity index (χ4n) is 4.76. The molecule has 1 aromatic rings. The van der Waals surface area contributed by atoms with E-state index in [0.29, 0.717) is 29.1 Å². The molecule has 2 rings (SSSR count). The predicted molar refractivity (Wildman–Crippen MR) is 158 cm³/mol. The summed E-state index contributed by atoms with van der Waals surface area (Å²) in [5.41, 5.74) is 2.09. The van der Waals surface area contributed by atoms with E-state index in [1.165, 1.54) is 0 Å². The lowest BCUT2D eigenvalue weighted by molar-refractivity contribution is -0.143. The van der Waals surface area contributed by atoms with Gasteiger partial charge in [-0.2, -0.15) is 0 Å². The zero-order chi connectivity index (χ0) is 28.6. The summed E-state index contributed by atoms with van der Waals surface area (Å²) in [6.45, 7) is 18.0. The van der Waals surface area contributed by atoms with Crippen LogP contribution in [0.3, 0.4) is 0 Å². The first-order valence-electron chi connectivity index (χ1n) is 12.9. The average molecular weight is 565 g/mol. The number of aliphatic carboxylic acids is 1. The van der Waals surface area contributed by atoms with Gasteiger partial charge in [-0.25, -0.2) is 5.01 Å². The molecule has 0 bridgehead atoms. The summed E-state index contributed by atoms with van der Waals surface area (Å²) in [6, 6.07) is 3.96. The van der Waals surface area contributed by atoms with Crippen LogP contribution in [0.2, 0.25) is 5.02 Å². The summed E-state index contributed by atoms with van der Waals surface area (Å²) in [7, 11) is 5.69. The normalized spacial score (nSPS) is 18.1. The fraction of sp³-hybridized carbons (Fsp3) is 0.500. The van der Waals surface area contributed by atoms with Crippen molar-refractivity contribution in [2.24, 2.45) is 11.8 Å². The lowest BCUT2D eigenvalue weighted by Gasteiger charge is -2.44. The molecule has 0 saturated heterocycles. The second kappa shape index (κ2) is 14.2. The van der Waals surface area contributed by atoms with Gasteiger partial charge in [0.25, 0.3) is 0 Å². The molecule has 1 fully saturated rings. The van der Waals surface area contributed by atoms with Crippen LogP contribution in [0.4, 0.5) is 0 Å². The second-order valence-corrected chi connectivity index (χ2v) is 11.5. The molecule has 1 aliphatic carbocycles. The van der Waals surface area contributed by atoms with Gasteiger partial charge >= 0.3 is 5.97 Å². The first kappa shape index (κ1) is 32.0. The Kier molecular flexibility index (Phi) is 12.0. The summed E-state index contributed by atoms with van der Waals surface area (Å²) in [4.78, 5) is 13.5. The average Bonchev–Trinajstić information content (AvgIpc) is 2.86. The second-order valence-electron chi connectivity index (χ2n) is 10.6. The Balaban J connectivity index is 2.23. The number of rotatable bonds is 14. The highest BCUT2D eigenvalue weighted by Crippen LogP contribution is 2.34. The van der Waals surface area contributed by atoms with Gasteiger partial charge in [-0.3, -0.25) is 4.79 Å². The molecule has 8 heteroatoms. The van der Waals surface area contributed by atoms with Gasteiger partial charge in [0.15, 0.2) is 0 Å². The third-order valence-corrected chi connectivity index (χ3v) is 8.38. The van der Waals surface area contributed by atoms with Crippen molar-refractivity contribution in [3.8, 4) is 5.75 Å². The molecule has 0 heterocycles. The molecule has 0 aliphatic heterocycles. The molecule has 0 spiro atoms. The molecule has 0 atom stereocenters. The molecule has 1 N–H and O–H groups in total. The number of carbonyl (C=O) groups is 1. The van der Waals surface area contributed by atoms with Crippen molar-refractivity contribution in [2.45, 2.75) is 58.2 Å². The number of halogens is 2. The molecular formula is C30H43Cl2N3O3. The highest BCUT2D eigenvalue weighted by Gasteiger charge is 2.31. The van der Waals surface area contributed by atoms with Crippen LogP contribution >= 0.6 is 23.2 Å². The van der Waals surface area contributed by atoms with Crippen LogP contribution in [0.1, 0.15) is 50.7 Å². The van der Waals surface area contributed by atoms with Crippen LogP contribution in [0.15, 0.2) is 60.8 Å². The summed E-state index contributed by atoms with van der Waals surface area (Å²) >= 11 is 13.2. The number of carboxylic acids is 1. The molecule has 1 aromatic carbocycles. The summed E-state index contributed by atoms with van der Waals surface area (Å²) in [6.07, 6.45) is 8.81. The van der Waals surface area contributed by atoms with Crippen LogP contribution in [0, 0.1) is 11.8 Å². The standard InChI is InChI=1S/C30H43Cl2N3O3/c1-9-10-11-21(2)35(34(7)30(4,5)22(3)31)20-25-17-28(38-8)26(16-27(25)32)19-33(6)18-23-12-14-24(15-13-23)29(36)37/h9-11,16-17,23-24H,1-3,12-15,18-20H2,4-8H3,(H,36,37)/b11-10-. The molecule has 1 saturated carbocycles. The van der Waals surface area contributed by atoms with Crippen LogP contribution in [0.25, 0.3) is 0 Å². The number of ether oxygens (including phenoxy) is 1. The van der Waals surface area contributed by atoms with Crippen molar-refractivity contribution in [3.63, 3.8) is 0 Å². The van der Waals surface area contributed by atoms with Crippen LogP contribution in [-0.4, -0.2) is 59.3 Å². The van der Waals surface area contributed by atoms with Gasteiger partial charge in [0.05, 0.1) is 25.1 Å². The minimum Gasteiger partial charge on any atom is -0.496 e. The van der Waals surface area contributed by atoms with Crippen molar-refractivity contribution in [3.05, 3.63) is 77.0 Å². The van der Waals surface area contributed by atoms with Crippen molar-refractivity contribution in [1.29, 1.82) is 0 Å². The van der Waals surface area contributed by atoms with Gasteiger partial charge in [-0.15, -0.1) is 0 Å². The molecule has 6 nitrogen and oxygen atoms in total. The Labute approximate surface area is 238 Å². The van der Waals surface area contributed by atoms with E-state index in [2.05, 4.69) is 31.7 Å². The number of likely N-dealkylation sites (N-methyl/N-ethyl adjacent to an activating group) is 1. The highest BCUT2D eigenvalue weighted by molar-refractivity contribution is 6.31. The first-order chi connectivity index (χ1) is 17.8. The van der Waals surface area contributed by atoms with Crippen molar-refractivity contribution in [2.75, 3.05) is 27.7 Å². The number of hydrogen-bond donors (Lipinski definition) is 1. The van der Waals surface area contributed by atoms with E-state index in [4.69, 9.17) is 27.9 Å². The van der Waals surface area contributed by atoms with E-state index >= 15 is 0 Å². The SMILES string of the molecule is C=C/C=C\C(=C)N(Cc1cc(OC)c(CN(C)CC2CCC(C(=O)O)CC2)cc1Cl)N(C)C(C)(C)C(=C)Cl. The molecule has 0 radical (unpaired) electrons. The van der Waals surface area contributed by atoms with Crippen LogP contribution < -0.4 is 4.74 Å². The monoisotopic (exact) mass is 563 g/mol. The Hall–Kier alpha value is -2.25. The number of methoxy groups -OCH3 is 1. The maximum atomic E-state index is 11.3. The molecule has 0 aromatic heterocycles. The Morgan fingerprint density at radius 1 is 1.16 bits per heavy atom. The minimum absolute atomic E-state index is 0.196. The van der Waals surface area contributed by atoms with Crippen LogP contribution in [-0.2, 0) is 17.9 Å². The lowest BCUT2D eigenvalue weighted by atomic mass is 9.82. The van der Waals surface area contributed by atoms with E-state index in [1.807, 2.05) is 55.2 Å². The molecule has 0 unspecified atom stereocenters. The third kappa shape index (κ3) is 8.37. The number of carboxylic acid groups (broad SMARTS) is 1. The maximum absolute atomic E-state index is 11.3. The molecule has 1 aliphatic rings. The van der Waals surface area contributed by atoms with E-state index in [1.54, 1.807) is 13.2 Å². The van der Waals surface area contributed by atoms with Gasteiger partial charge in [0.1, 0.15) is 5.75 Å². The quantitative estimate of drug-likeness (QED) is 0.192. The minimum atomic E-state index is -0.669. The Morgan fingerprint density at radius 3 is 2.32 bits per heavy atom. The fourth-order valence-corrected chi connectivity index (χ4v) is 5.13. The van der Waals surface area contributed by atoms with Crippen molar-refractivity contribution in [1.82, 2.24) is 14.9 Å². The largest absolute Gasteiger partial charge is 0.496 e. The molecule has 38 heavy (non-hydrogen) atoms. The zero-order valence-electron chi connectivity index (χ0n) is 23.5. The lowest BCUT2D eigenvalue weighted by Crippen LogP contribution is -2.51. The van der Waals surface area contributed by atoms with Gasteiger partial charge in [-0.1, -0.05) is 55.1 Å². The summed E-state index contributed by atoms with van der Waals surface area (Å²) in [5.74, 6) is 0.396. The van der Waals surface area contributed by atoms with Gasteiger partial charge in [-0.05, 0) is 76.3 Å². The van der Waals surface area contributed by atoms with Gasteiger partial charge in [0, 0.05) is 41.5 Å². The van der Waals surface area contributed by atoms with Crippen molar-refractivity contribution >= 4 is 29.2 Å². The molecular weight excluding hydrogens is 521 g/mol. The van der Waals surface area contributed by atoms with Gasteiger partial charge in [0.2, 0.25) is 0 Å².